The summed E-state index contributed by atoms with van der Waals surface area (Å²) in [5.74, 6) is 0. The fourth-order valence-corrected chi connectivity index (χ4v) is 4.18. The standard InChI is InChI=1S/C16H29O6PS/c1-13(2)7-5-8-14(3)9-6-10-15(4)11-12-16(23(17,18)19)24(20,21)22/h7,9,11,16H,5-6,8,10,12H2,1-4H3,(H2,17,18,19)(H,20,21,22)/b14-9+,15-11+. The van der Waals surface area contributed by atoms with Gasteiger partial charge in [0.25, 0.3) is 10.1 Å². The van der Waals surface area contributed by atoms with Crippen molar-refractivity contribution in [3.63, 3.8) is 0 Å². The van der Waals surface area contributed by atoms with E-state index in [0.29, 0.717) is 6.42 Å². The molecule has 0 aromatic carbocycles. The first-order chi connectivity index (χ1) is 10.8. The third-order valence-corrected chi connectivity index (χ3v) is 6.97. The average molecular weight is 380 g/mol. The third kappa shape index (κ3) is 10.9. The largest absolute Gasteiger partial charge is 0.346 e. The fourth-order valence-electron chi connectivity index (χ4n) is 2.07. The van der Waals surface area contributed by atoms with Crippen LogP contribution in [-0.2, 0) is 14.7 Å². The van der Waals surface area contributed by atoms with Gasteiger partial charge >= 0.3 is 7.60 Å². The topological polar surface area (TPSA) is 112 Å². The molecule has 1 unspecified atom stereocenters. The summed E-state index contributed by atoms with van der Waals surface area (Å²) in [6.45, 7) is 7.95. The van der Waals surface area contributed by atoms with E-state index >= 15 is 0 Å². The molecule has 0 aliphatic carbocycles. The SMILES string of the molecule is CC(C)=CCC/C(C)=C/CC/C(C)=C/CC(P(=O)(O)O)S(=O)(=O)O. The predicted octanol–water partition coefficient (Wildman–Crippen LogP) is 4.19. The minimum Gasteiger partial charge on any atom is -0.323 e. The molecule has 0 heterocycles. The molecule has 0 spiro atoms. The highest BCUT2D eigenvalue weighted by Crippen LogP contribution is 2.45. The van der Waals surface area contributed by atoms with Gasteiger partial charge in [-0.05, 0) is 59.8 Å². The van der Waals surface area contributed by atoms with Crippen LogP contribution in [0.25, 0.3) is 0 Å². The van der Waals surface area contributed by atoms with Crippen LogP contribution in [0.2, 0.25) is 0 Å². The maximum absolute atomic E-state index is 11.2. The second-order valence-electron chi connectivity index (χ2n) is 6.25. The zero-order valence-corrected chi connectivity index (χ0v) is 16.5. The Morgan fingerprint density at radius 2 is 1.42 bits per heavy atom. The first kappa shape index (κ1) is 23.3. The highest BCUT2D eigenvalue weighted by molar-refractivity contribution is 7.93. The van der Waals surface area contributed by atoms with Gasteiger partial charge in [0.1, 0.15) is 0 Å². The highest BCUT2D eigenvalue weighted by Gasteiger charge is 2.38. The Balaban J connectivity index is 4.56. The van der Waals surface area contributed by atoms with Gasteiger partial charge in [-0.15, -0.1) is 0 Å². The minimum atomic E-state index is -4.92. The van der Waals surface area contributed by atoms with Gasteiger partial charge in [-0.25, -0.2) is 0 Å². The van der Waals surface area contributed by atoms with Crippen LogP contribution >= 0.6 is 7.60 Å². The highest BCUT2D eigenvalue weighted by atomic mass is 32.2. The molecule has 6 nitrogen and oxygen atoms in total. The van der Waals surface area contributed by atoms with E-state index in [0.717, 1.165) is 24.8 Å². The van der Waals surface area contributed by atoms with Crippen molar-refractivity contribution in [2.24, 2.45) is 0 Å². The van der Waals surface area contributed by atoms with Crippen LogP contribution in [-0.4, -0.2) is 27.7 Å². The maximum Gasteiger partial charge on any atom is 0.346 e. The molecular weight excluding hydrogens is 351 g/mol. The lowest BCUT2D eigenvalue weighted by atomic mass is 10.1. The minimum absolute atomic E-state index is 0.405. The van der Waals surface area contributed by atoms with Gasteiger partial charge < -0.3 is 9.79 Å². The van der Waals surface area contributed by atoms with Crippen molar-refractivity contribution in [1.29, 1.82) is 0 Å². The van der Waals surface area contributed by atoms with Crippen molar-refractivity contribution in [2.45, 2.75) is 64.8 Å². The molecule has 0 fully saturated rings. The summed E-state index contributed by atoms with van der Waals surface area (Å²) in [6, 6.07) is 0. The van der Waals surface area contributed by atoms with Gasteiger partial charge in [-0.3, -0.25) is 9.12 Å². The van der Waals surface area contributed by atoms with Crippen molar-refractivity contribution in [3.05, 3.63) is 34.9 Å². The lowest BCUT2D eigenvalue weighted by Crippen LogP contribution is -2.20. The van der Waals surface area contributed by atoms with E-state index in [9.17, 15) is 13.0 Å². The van der Waals surface area contributed by atoms with Crippen molar-refractivity contribution >= 4 is 17.7 Å². The molecule has 0 amide bonds. The Morgan fingerprint density at radius 3 is 1.83 bits per heavy atom. The molecule has 0 aromatic rings. The van der Waals surface area contributed by atoms with E-state index in [4.69, 9.17) is 14.3 Å². The van der Waals surface area contributed by atoms with Crippen molar-refractivity contribution < 1.29 is 27.3 Å². The van der Waals surface area contributed by atoms with Crippen LogP contribution in [0.4, 0.5) is 0 Å². The van der Waals surface area contributed by atoms with E-state index < -0.39 is 29.1 Å². The zero-order chi connectivity index (χ0) is 19.0. The number of allylic oxidation sites excluding steroid dienone is 6. The first-order valence-electron chi connectivity index (χ1n) is 7.80. The van der Waals surface area contributed by atoms with Gasteiger partial charge in [0, 0.05) is 0 Å². The molecule has 140 valence electrons. The summed E-state index contributed by atoms with van der Waals surface area (Å²) in [5, 5.41) is 0. The van der Waals surface area contributed by atoms with Gasteiger partial charge in [0.05, 0.1) is 0 Å². The number of rotatable bonds is 10. The van der Waals surface area contributed by atoms with Gasteiger partial charge in [-0.2, -0.15) is 8.42 Å². The summed E-state index contributed by atoms with van der Waals surface area (Å²) in [6.07, 6.45) is 8.77. The van der Waals surface area contributed by atoms with Gasteiger partial charge in [0.2, 0.25) is 0 Å². The normalized spacial score (nSPS) is 15.3. The molecule has 0 rings (SSSR count). The van der Waals surface area contributed by atoms with Crippen LogP contribution in [0.3, 0.4) is 0 Å². The smallest absolute Gasteiger partial charge is 0.323 e. The maximum atomic E-state index is 11.2. The van der Waals surface area contributed by atoms with Gasteiger partial charge in [0.15, 0.2) is 4.99 Å². The Morgan fingerprint density at radius 1 is 0.958 bits per heavy atom. The first-order valence-corrected chi connectivity index (χ1v) is 11.0. The molecule has 3 N–H and O–H groups in total. The monoisotopic (exact) mass is 380 g/mol. The van der Waals surface area contributed by atoms with Crippen LogP contribution < -0.4 is 0 Å². The molecule has 0 bridgehead atoms. The lowest BCUT2D eigenvalue weighted by Gasteiger charge is -2.13. The molecule has 1 atom stereocenters. The summed E-state index contributed by atoms with van der Waals surface area (Å²) in [7, 11) is -9.71. The number of hydrogen-bond donors (Lipinski definition) is 3. The Labute approximate surface area is 145 Å². The van der Waals surface area contributed by atoms with E-state index in [2.05, 4.69) is 32.9 Å². The molecular formula is C16H29O6PS. The second-order valence-corrected chi connectivity index (χ2v) is 10.0. The Hall–Kier alpha value is -0.720. The second kappa shape index (κ2) is 10.3. The summed E-state index contributed by atoms with van der Waals surface area (Å²) >= 11 is 0. The average Bonchev–Trinajstić information content (AvgIpc) is 2.34. The summed E-state index contributed by atoms with van der Waals surface area (Å²) in [4.78, 5) is 16.0. The molecule has 0 saturated heterocycles. The Kier molecular flexibility index (Phi) is 10.0. The fraction of sp³-hybridized carbons (Fsp3) is 0.625. The van der Waals surface area contributed by atoms with E-state index in [-0.39, 0.29) is 0 Å². The van der Waals surface area contributed by atoms with E-state index in [1.165, 1.54) is 17.2 Å². The van der Waals surface area contributed by atoms with Crippen LogP contribution in [0.1, 0.15) is 59.8 Å². The summed E-state index contributed by atoms with van der Waals surface area (Å²) in [5.41, 5.74) is 3.39. The van der Waals surface area contributed by atoms with Crippen LogP contribution in [0.5, 0.6) is 0 Å². The molecule has 0 aromatic heterocycles. The van der Waals surface area contributed by atoms with Crippen molar-refractivity contribution in [2.75, 3.05) is 0 Å². The van der Waals surface area contributed by atoms with E-state index in [1.54, 1.807) is 6.92 Å². The van der Waals surface area contributed by atoms with Gasteiger partial charge in [-0.1, -0.05) is 34.9 Å². The molecule has 8 heteroatoms. The molecule has 0 radical (unpaired) electrons. The predicted molar refractivity (Wildman–Crippen MR) is 97.4 cm³/mol. The molecule has 0 saturated carbocycles. The van der Waals surface area contributed by atoms with Crippen molar-refractivity contribution in [1.82, 2.24) is 0 Å². The lowest BCUT2D eigenvalue weighted by molar-refractivity contribution is 0.363. The number of hydrogen-bond acceptors (Lipinski definition) is 3. The zero-order valence-electron chi connectivity index (χ0n) is 14.8. The summed E-state index contributed by atoms with van der Waals surface area (Å²) < 4.78 is 42.2. The van der Waals surface area contributed by atoms with Crippen LogP contribution in [0, 0.1) is 0 Å². The van der Waals surface area contributed by atoms with E-state index in [1.807, 2.05) is 0 Å². The van der Waals surface area contributed by atoms with Crippen LogP contribution in [0.15, 0.2) is 34.9 Å². The molecule has 24 heavy (non-hydrogen) atoms. The Bertz CT molecular complexity index is 635. The third-order valence-electron chi connectivity index (χ3n) is 3.51. The molecule has 0 aliphatic heterocycles. The quantitative estimate of drug-likeness (QED) is 0.298. The molecule has 0 aliphatic rings. The van der Waals surface area contributed by atoms with Crippen molar-refractivity contribution in [3.8, 4) is 0 Å².